The number of carbonyl (C=O) groups is 2. The van der Waals surface area contributed by atoms with E-state index >= 15 is 4.39 Å². The minimum absolute atomic E-state index is 0.0128. The Morgan fingerprint density at radius 2 is 1.81 bits per heavy atom. The maximum atomic E-state index is 15.6. The standard InChI is InChI=1S/C34H36FN9O4/c1-34(2,43-15-13-41(14-16-43)33(46)47)18-22(19-36)32(45)42-12-6-7-23(20-42)44-31-28(30(37)38-21-39-31)29(40-44)26-11-10-25(17-27(26)35)48-24-8-4-3-5-9-24/h3-5,8-11,17-18,21,23H,6-7,12-16,20H2,1-2H3,(H,46,47)(H2,37,38,39). The van der Waals surface area contributed by atoms with Crippen molar-refractivity contribution in [2.45, 2.75) is 38.3 Å². The largest absolute Gasteiger partial charge is 0.465 e. The molecule has 2 fully saturated rings. The van der Waals surface area contributed by atoms with Crippen molar-refractivity contribution < 1.29 is 23.8 Å². The second kappa shape index (κ2) is 13.3. The third kappa shape index (κ3) is 6.50. The number of nitrogens with zero attached hydrogens (tertiary/aromatic N) is 8. The lowest BCUT2D eigenvalue weighted by atomic mass is 9.96. The maximum Gasteiger partial charge on any atom is 0.407 e. The fraction of sp³-hybridized carbons (Fsp3) is 0.353. The molecule has 0 saturated carbocycles. The first-order valence-electron chi connectivity index (χ1n) is 15.7. The van der Waals surface area contributed by atoms with E-state index in [0.29, 0.717) is 68.1 Å². The molecule has 2 aromatic carbocycles. The molecule has 0 radical (unpaired) electrons. The number of carboxylic acid groups (broad SMARTS) is 1. The molecule has 3 N–H and O–H groups in total. The van der Waals surface area contributed by atoms with E-state index in [9.17, 15) is 20.0 Å². The van der Waals surface area contributed by atoms with Crippen LogP contribution >= 0.6 is 0 Å². The second-order valence-corrected chi connectivity index (χ2v) is 12.4. The molecule has 2 aromatic heterocycles. The molecular weight excluding hydrogens is 617 g/mol. The molecule has 2 aliphatic heterocycles. The summed E-state index contributed by atoms with van der Waals surface area (Å²) >= 11 is 0. The number of fused-ring (bicyclic) bond motifs is 1. The van der Waals surface area contributed by atoms with E-state index in [2.05, 4.69) is 20.9 Å². The molecule has 48 heavy (non-hydrogen) atoms. The Balaban J connectivity index is 1.25. The van der Waals surface area contributed by atoms with Crippen LogP contribution in [-0.2, 0) is 4.79 Å². The van der Waals surface area contributed by atoms with Crippen molar-refractivity contribution in [2.75, 3.05) is 45.0 Å². The van der Waals surface area contributed by atoms with E-state index in [4.69, 9.17) is 15.6 Å². The summed E-state index contributed by atoms with van der Waals surface area (Å²) in [7, 11) is 0. The number of benzene rings is 2. The number of hydrogen-bond donors (Lipinski definition) is 2. The first-order chi connectivity index (χ1) is 23.1. The van der Waals surface area contributed by atoms with Crippen LogP contribution in [0.2, 0.25) is 0 Å². The lowest BCUT2D eigenvalue weighted by molar-refractivity contribution is -0.128. The number of hydrogen-bond acceptors (Lipinski definition) is 9. The molecule has 2 aliphatic rings. The van der Waals surface area contributed by atoms with Crippen molar-refractivity contribution in [3.05, 3.63) is 72.3 Å². The topological polar surface area (TPSA) is 167 Å². The van der Waals surface area contributed by atoms with Crippen molar-refractivity contribution in [3.63, 3.8) is 0 Å². The number of halogens is 1. The monoisotopic (exact) mass is 653 g/mol. The average molecular weight is 654 g/mol. The summed E-state index contributed by atoms with van der Waals surface area (Å²) in [4.78, 5) is 38.7. The number of piperazine rings is 1. The van der Waals surface area contributed by atoms with Crippen molar-refractivity contribution in [1.82, 2.24) is 34.4 Å². The van der Waals surface area contributed by atoms with Crippen molar-refractivity contribution >= 4 is 28.9 Å². The highest BCUT2D eigenvalue weighted by molar-refractivity contribution is 5.99. The van der Waals surface area contributed by atoms with Gasteiger partial charge in [0.15, 0.2) is 5.65 Å². The van der Waals surface area contributed by atoms with Crippen LogP contribution in [0, 0.1) is 17.1 Å². The number of ether oxygens (including phenoxy) is 1. The zero-order chi connectivity index (χ0) is 34.0. The van der Waals surface area contributed by atoms with Crippen molar-refractivity contribution in [1.29, 1.82) is 5.26 Å². The zero-order valence-corrected chi connectivity index (χ0v) is 26.7. The SMILES string of the molecule is CC(C)(C=C(C#N)C(=O)N1CCCC(n2nc(-c3ccc(Oc4ccccc4)cc3F)c3c(N)ncnc32)C1)N1CCN(C(=O)O)CC1. The number of likely N-dealkylation sites (tertiary alicyclic amines) is 1. The van der Waals surface area contributed by atoms with Crippen LogP contribution in [0.25, 0.3) is 22.3 Å². The van der Waals surface area contributed by atoms with Gasteiger partial charge in [0.25, 0.3) is 5.91 Å². The van der Waals surface area contributed by atoms with Gasteiger partial charge in [0.05, 0.1) is 11.4 Å². The molecule has 0 spiro atoms. The lowest BCUT2D eigenvalue weighted by Crippen LogP contribution is -2.55. The lowest BCUT2D eigenvalue weighted by Gasteiger charge is -2.42. The smallest absolute Gasteiger partial charge is 0.407 e. The summed E-state index contributed by atoms with van der Waals surface area (Å²) in [5.74, 6) is 0.0868. The van der Waals surface area contributed by atoms with Crippen LogP contribution in [0.5, 0.6) is 11.5 Å². The number of anilines is 1. The van der Waals surface area contributed by atoms with Crippen LogP contribution in [0.4, 0.5) is 15.0 Å². The molecule has 6 rings (SSSR count). The zero-order valence-electron chi connectivity index (χ0n) is 26.7. The molecule has 14 heteroatoms. The van der Waals surface area contributed by atoms with E-state index < -0.39 is 23.4 Å². The van der Waals surface area contributed by atoms with E-state index in [1.54, 1.807) is 39.9 Å². The van der Waals surface area contributed by atoms with E-state index in [0.717, 1.165) is 0 Å². The average Bonchev–Trinajstić information content (AvgIpc) is 3.48. The van der Waals surface area contributed by atoms with Gasteiger partial charge in [-0.3, -0.25) is 9.69 Å². The predicted octanol–water partition coefficient (Wildman–Crippen LogP) is 4.69. The molecule has 1 atom stereocenters. The molecule has 13 nitrogen and oxygen atoms in total. The number of piperidine rings is 1. The fourth-order valence-corrected chi connectivity index (χ4v) is 6.38. The summed E-state index contributed by atoms with van der Waals surface area (Å²) in [5.41, 5.74) is 6.54. The van der Waals surface area contributed by atoms with Crippen LogP contribution in [0.15, 0.2) is 66.5 Å². The summed E-state index contributed by atoms with van der Waals surface area (Å²) in [6, 6.07) is 15.4. The predicted molar refractivity (Wildman–Crippen MR) is 175 cm³/mol. The van der Waals surface area contributed by atoms with Gasteiger partial charge in [-0.15, -0.1) is 0 Å². The Bertz CT molecular complexity index is 1910. The molecule has 4 aromatic rings. The quantitative estimate of drug-likeness (QED) is 0.211. The highest BCUT2D eigenvalue weighted by atomic mass is 19.1. The second-order valence-electron chi connectivity index (χ2n) is 12.4. The molecule has 0 aliphatic carbocycles. The molecule has 2 saturated heterocycles. The minimum Gasteiger partial charge on any atom is -0.465 e. The van der Waals surface area contributed by atoms with Crippen LogP contribution < -0.4 is 10.5 Å². The molecule has 248 valence electrons. The normalized spacial score (nSPS) is 17.7. The van der Waals surface area contributed by atoms with Gasteiger partial charge in [-0.05, 0) is 57.0 Å². The molecular formula is C34H36FN9O4. The van der Waals surface area contributed by atoms with Crippen LogP contribution in [0.1, 0.15) is 32.7 Å². The van der Waals surface area contributed by atoms with Gasteiger partial charge in [-0.1, -0.05) is 18.2 Å². The van der Waals surface area contributed by atoms with Gasteiger partial charge in [0.2, 0.25) is 0 Å². The Labute approximate surface area is 276 Å². The Morgan fingerprint density at radius 1 is 1.06 bits per heavy atom. The van der Waals surface area contributed by atoms with Crippen LogP contribution in [-0.4, -0.2) is 96.4 Å². The van der Waals surface area contributed by atoms with Gasteiger partial charge in [0, 0.05) is 56.4 Å². The number of rotatable bonds is 7. The number of nitrogens with two attached hydrogens (primary N) is 1. The Morgan fingerprint density at radius 3 is 2.50 bits per heavy atom. The highest BCUT2D eigenvalue weighted by Gasteiger charge is 2.34. The summed E-state index contributed by atoms with van der Waals surface area (Å²) in [6.07, 6.45) is 3.35. The Kier molecular flexibility index (Phi) is 8.97. The number of nitrogen functional groups attached to an aromatic ring is 1. The number of carbonyl (C=O) groups excluding carboxylic acids is 1. The molecule has 4 heterocycles. The maximum absolute atomic E-state index is 15.6. The number of para-hydroxylation sites is 1. The van der Waals surface area contributed by atoms with Gasteiger partial charge in [-0.2, -0.15) is 10.4 Å². The number of nitriles is 1. The Hall–Kier alpha value is -5.55. The van der Waals surface area contributed by atoms with E-state index in [-0.39, 0.29) is 35.2 Å². The first-order valence-corrected chi connectivity index (χ1v) is 15.7. The van der Waals surface area contributed by atoms with Gasteiger partial charge in [-0.25, -0.2) is 23.8 Å². The first kappa shape index (κ1) is 32.4. The third-order valence-corrected chi connectivity index (χ3v) is 8.94. The van der Waals surface area contributed by atoms with Gasteiger partial charge in [0.1, 0.15) is 46.8 Å². The summed E-state index contributed by atoms with van der Waals surface area (Å²) in [5, 5.41) is 24.5. The minimum atomic E-state index is -0.960. The van der Waals surface area contributed by atoms with Crippen LogP contribution in [0.3, 0.4) is 0 Å². The van der Waals surface area contributed by atoms with E-state index in [1.165, 1.54) is 17.3 Å². The fourth-order valence-electron chi connectivity index (χ4n) is 6.38. The third-order valence-electron chi connectivity index (χ3n) is 8.94. The van der Waals surface area contributed by atoms with E-state index in [1.807, 2.05) is 32.0 Å². The van der Waals surface area contributed by atoms with Crippen molar-refractivity contribution in [3.8, 4) is 28.8 Å². The van der Waals surface area contributed by atoms with Gasteiger partial charge < -0.3 is 25.4 Å². The molecule has 1 unspecified atom stereocenters. The number of amides is 2. The van der Waals surface area contributed by atoms with Gasteiger partial charge >= 0.3 is 6.09 Å². The van der Waals surface area contributed by atoms with Crippen molar-refractivity contribution in [2.24, 2.45) is 0 Å². The summed E-state index contributed by atoms with van der Waals surface area (Å²) < 4.78 is 23.1. The summed E-state index contributed by atoms with van der Waals surface area (Å²) in [6.45, 7) is 6.19. The number of aromatic nitrogens is 4. The molecule has 2 amide bonds. The molecule has 0 bridgehead atoms. The highest BCUT2D eigenvalue weighted by Crippen LogP contribution is 2.36.